The van der Waals surface area contributed by atoms with E-state index in [1.807, 2.05) is 0 Å². The van der Waals surface area contributed by atoms with Crippen molar-refractivity contribution >= 4 is 28.6 Å². The van der Waals surface area contributed by atoms with Gasteiger partial charge in [-0.1, -0.05) is 11.8 Å². The first-order valence-corrected chi connectivity index (χ1v) is 6.00. The average Bonchev–Trinajstić information content (AvgIpc) is 2.28. The third kappa shape index (κ3) is 4.21. The number of Topliss-reactive ketones (excluding diaryl/α,β-unsaturated/α-hetero) is 1. The van der Waals surface area contributed by atoms with Crippen LogP contribution in [0.2, 0.25) is 0 Å². The van der Waals surface area contributed by atoms with E-state index in [9.17, 15) is 14.4 Å². The molecule has 0 aliphatic heterocycles. The number of carboxylic acid groups (broad SMARTS) is 1. The minimum atomic E-state index is -1.19. The number of rotatable bonds is 5. The summed E-state index contributed by atoms with van der Waals surface area (Å²) in [6.07, 6.45) is -0.260. The van der Waals surface area contributed by atoms with Gasteiger partial charge < -0.3 is 10.2 Å². The van der Waals surface area contributed by atoms with E-state index < -0.39 is 11.2 Å². The lowest BCUT2D eigenvalue weighted by Gasteiger charge is -2.09. The third-order valence-corrected chi connectivity index (χ3v) is 3.13. The molecule has 0 aromatic heterocycles. The molecule has 0 aliphatic carbocycles. The third-order valence-electron chi connectivity index (χ3n) is 2.14. The second-order valence-corrected chi connectivity index (χ2v) is 4.99. The van der Waals surface area contributed by atoms with Crippen LogP contribution in [-0.4, -0.2) is 32.3 Å². The van der Waals surface area contributed by atoms with Gasteiger partial charge >= 0.3 is 5.97 Å². The lowest BCUT2D eigenvalue weighted by atomic mass is 10.1. The summed E-state index contributed by atoms with van der Waals surface area (Å²) in [6.45, 7) is 1.26. The molecule has 0 bridgehead atoms. The molecule has 0 radical (unpaired) electrons. The van der Waals surface area contributed by atoms with Crippen molar-refractivity contribution in [3.63, 3.8) is 0 Å². The number of hydrogen-bond donors (Lipinski definition) is 2. The van der Waals surface area contributed by atoms with Crippen LogP contribution < -0.4 is 0 Å². The van der Waals surface area contributed by atoms with Crippen LogP contribution in [0.15, 0.2) is 24.3 Å². The summed E-state index contributed by atoms with van der Waals surface area (Å²) >= 11 is 0.625. The van der Waals surface area contributed by atoms with E-state index in [0.29, 0.717) is 17.3 Å². The number of aromatic hydroxyl groups is 1. The zero-order chi connectivity index (χ0) is 13.7. The number of hydrogen-bond acceptors (Lipinski definition) is 5. The molecular formula is C12H12O5S. The van der Waals surface area contributed by atoms with E-state index in [1.165, 1.54) is 31.2 Å². The smallest absolute Gasteiger partial charge is 0.317 e. The molecule has 0 saturated heterocycles. The van der Waals surface area contributed by atoms with Gasteiger partial charge in [0, 0.05) is 18.9 Å². The summed E-state index contributed by atoms with van der Waals surface area (Å²) in [5.74, 6) is -1.54. The Bertz CT molecular complexity index is 466. The number of aliphatic carboxylic acids is 1. The molecule has 18 heavy (non-hydrogen) atoms. The summed E-state index contributed by atoms with van der Waals surface area (Å²) in [6, 6.07) is 5.52. The standard InChI is InChI=1S/C12H12O5S/c1-7(13)18-11(12(16)17)6-10(15)8-2-4-9(14)5-3-8/h2-5,11,14H,6H2,1H3,(H,16,17). The highest BCUT2D eigenvalue weighted by Crippen LogP contribution is 2.19. The molecule has 0 fully saturated rings. The van der Waals surface area contributed by atoms with Gasteiger partial charge in [0.1, 0.15) is 11.0 Å². The maximum atomic E-state index is 11.8. The summed E-state index contributed by atoms with van der Waals surface area (Å²) in [5, 5.41) is 16.5. The molecule has 5 nitrogen and oxygen atoms in total. The molecule has 0 heterocycles. The zero-order valence-electron chi connectivity index (χ0n) is 9.62. The van der Waals surface area contributed by atoms with Gasteiger partial charge in [0.05, 0.1) is 0 Å². The van der Waals surface area contributed by atoms with E-state index in [1.54, 1.807) is 0 Å². The molecular weight excluding hydrogens is 256 g/mol. The first kappa shape index (κ1) is 14.2. The van der Waals surface area contributed by atoms with Crippen LogP contribution in [0.3, 0.4) is 0 Å². The van der Waals surface area contributed by atoms with E-state index in [2.05, 4.69) is 0 Å². The Kier molecular flexibility index (Phi) is 4.91. The Labute approximate surface area is 108 Å². The van der Waals surface area contributed by atoms with Gasteiger partial charge in [0.15, 0.2) is 10.9 Å². The largest absolute Gasteiger partial charge is 0.508 e. The molecule has 0 saturated carbocycles. The molecule has 96 valence electrons. The molecule has 1 aromatic carbocycles. The van der Waals surface area contributed by atoms with Gasteiger partial charge in [-0.15, -0.1) is 0 Å². The second kappa shape index (κ2) is 6.20. The molecule has 6 heteroatoms. The molecule has 1 rings (SSSR count). The summed E-state index contributed by atoms with van der Waals surface area (Å²) < 4.78 is 0. The highest BCUT2D eigenvalue weighted by atomic mass is 32.2. The van der Waals surface area contributed by atoms with Crippen molar-refractivity contribution in [1.29, 1.82) is 0 Å². The molecule has 0 aliphatic rings. The van der Waals surface area contributed by atoms with Crippen molar-refractivity contribution in [3.05, 3.63) is 29.8 Å². The van der Waals surface area contributed by atoms with Crippen LogP contribution in [0.4, 0.5) is 0 Å². The number of carbonyl (C=O) groups is 3. The van der Waals surface area contributed by atoms with Crippen LogP contribution in [0.25, 0.3) is 0 Å². The number of thioether (sulfide) groups is 1. The van der Waals surface area contributed by atoms with E-state index in [-0.39, 0.29) is 23.1 Å². The van der Waals surface area contributed by atoms with Crippen molar-refractivity contribution in [2.45, 2.75) is 18.6 Å². The topological polar surface area (TPSA) is 91.7 Å². The van der Waals surface area contributed by atoms with Crippen LogP contribution in [0, 0.1) is 0 Å². The van der Waals surface area contributed by atoms with Gasteiger partial charge in [-0.3, -0.25) is 14.4 Å². The molecule has 1 aromatic rings. The Morgan fingerprint density at radius 2 is 1.78 bits per heavy atom. The maximum absolute atomic E-state index is 11.8. The van der Waals surface area contributed by atoms with Crippen LogP contribution >= 0.6 is 11.8 Å². The van der Waals surface area contributed by atoms with E-state index >= 15 is 0 Å². The van der Waals surface area contributed by atoms with Crippen molar-refractivity contribution in [1.82, 2.24) is 0 Å². The first-order chi connectivity index (χ1) is 8.40. The SMILES string of the molecule is CC(=O)SC(CC(=O)c1ccc(O)cc1)C(=O)O. The van der Waals surface area contributed by atoms with Gasteiger partial charge in [0.2, 0.25) is 0 Å². The lowest BCUT2D eigenvalue weighted by Crippen LogP contribution is -2.21. The fraction of sp³-hybridized carbons (Fsp3) is 0.250. The molecule has 1 unspecified atom stereocenters. The highest BCUT2D eigenvalue weighted by molar-refractivity contribution is 8.14. The van der Waals surface area contributed by atoms with E-state index in [4.69, 9.17) is 10.2 Å². The fourth-order valence-corrected chi connectivity index (χ4v) is 2.05. The Morgan fingerprint density at radius 1 is 1.22 bits per heavy atom. The number of benzene rings is 1. The van der Waals surface area contributed by atoms with Gasteiger partial charge in [-0.25, -0.2) is 0 Å². The first-order valence-electron chi connectivity index (χ1n) is 5.12. The van der Waals surface area contributed by atoms with Crippen LogP contribution in [-0.2, 0) is 9.59 Å². The van der Waals surface area contributed by atoms with Gasteiger partial charge in [-0.2, -0.15) is 0 Å². The fourth-order valence-electron chi connectivity index (χ4n) is 1.31. The summed E-state index contributed by atoms with van der Waals surface area (Å²) in [7, 11) is 0. The predicted octanol–water partition coefficient (Wildman–Crippen LogP) is 1.70. The lowest BCUT2D eigenvalue weighted by molar-refractivity contribution is -0.136. The number of phenolic OH excluding ortho intramolecular Hbond substituents is 1. The number of phenols is 1. The van der Waals surface area contributed by atoms with Gasteiger partial charge in [-0.05, 0) is 24.3 Å². The zero-order valence-corrected chi connectivity index (χ0v) is 10.4. The number of carboxylic acids is 1. The molecule has 0 amide bonds. The predicted molar refractivity (Wildman–Crippen MR) is 66.8 cm³/mol. The van der Waals surface area contributed by atoms with Gasteiger partial charge in [0.25, 0.3) is 0 Å². The Hall–Kier alpha value is -1.82. The molecule has 1 atom stereocenters. The van der Waals surface area contributed by atoms with Crippen molar-refractivity contribution in [3.8, 4) is 5.75 Å². The quantitative estimate of drug-likeness (QED) is 0.790. The van der Waals surface area contributed by atoms with Crippen molar-refractivity contribution < 1.29 is 24.6 Å². The number of carbonyl (C=O) groups excluding carboxylic acids is 2. The molecule has 0 spiro atoms. The summed E-state index contributed by atoms with van der Waals surface area (Å²) in [5.41, 5.74) is 0.309. The van der Waals surface area contributed by atoms with E-state index in [0.717, 1.165) is 0 Å². The number of ketones is 1. The van der Waals surface area contributed by atoms with Crippen LogP contribution in [0.5, 0.6) is 5.75 Å². The van der Waals surface area contributed by atoms with Crippen molar-refractivity contribution in [2.24, 2.45) is 0 Å². The highest BCUT2D eigenvalue weighted by Gasteiger charge is 2.24. The maximum Gasteiger partial charge on any atom is 0.317 e. The minimum absolute atomic E-state index is 0.0273. The minimum Gasteiger partial charge on any atom is -0.508 e. The Balaban J connectivity index is 2.75. The van der Waals surface area contributed by atoms with Crippen LogP contribution in [0.1, 0.15) is 23.7 Å². The molecule has 2 N–H and O–H groups in total. The Morgan fingerprint density at radius 3 is 2.22 bits per heavy atom. The second-order valence-electron chi connectivity index (χ2n) is 3.61. The summed E-state index contributed by atoms with van der Waals surface area (Å²) in [4.78, 5) is 33.5. The van der Waals surface area contributed by atoms with Crippen molar-refractivity contribution in [2.75, 3.05) is 0 Å². The normalized spacial score (nSPS) is 11.8. The monoisotopic (exact) mass is 268 g/mol. The average molecular weight is 268 g/mol.